The van der Waals surface area contributed by atoms with Crippen LogP contribution in [-0.4, -0.2) is 35.7 Å². The van der Waals surface area contributed by atoms with Crippen molar-refractivity contribution >= 4 is 23.5 Å². The molecule has 0 aliphatic carbocycles. The zero-order chi connectivity index (χ0) is 24.7. The number of esters is 1. The van der Waals surface area contributed by atoms with Crippen molar-refractivity contribution in [2.24, 2.45) is 0 Å². The SMILES string of the molecule is CCOC(=O)C(C)(C)Oc1ccc(-c2ccc(CCNC(=O)c3cc(Cl)ccc3O)cc2)cc1. The maximum absolute atomic E-state index is 12.3. The normalized spacial score (nSPS) is 11.1. The highest BCUT2D eigenvalue weighted by molar-refractivity contribution is 6.31. The van der Waals surface area contributed by atoms with Gasteiger partial charge in [0, 0.05) is 11.6 Å². The van der Waals surface area contributed by atoms with E-state index in [2.05, 4.69) is 5.32 Å². The summed E-state index contributed by atoms with van der Waals surface area (Å²) in [4.78, 5) is 24.3. The molecule has 0 spiro atoms. The molecule has 7 heteroatoms. The Balaban J connectivity index is 1.55. The largest absolute Gasteiger partial charge is 0.507 e. The molecule has 0 atom stereocenters. The summed E-state index contributed by atoms with van der Waals surface area (Å²) in [6.45, 7) is 5.84. The van der Waals surface area contributed by atoms with E-state index in [9.17, 15) is 14.7 Å². The molecule has 0 aliphatic heterocycles. The van der Waals surface area contributed by atoms with Gasteiger partial charge in [0.25, 0.3) is 5.91 Å². The Morgan fingerprint density at radius 1 is 0.971 bits per heavy atom. The first-order chi connectivity index (χ1) is 16.2. The number of phenols is 1. The molecule has 178 valence electrons. The van der Waals surface area contributed by atoms with Gasteiger partial charge >= 0.3 is 5.97 Å². The molecule has 0 unspecified atom stereocenters. The number of hydrogen-bond donors (Lipinski definition) is 2. The summed E-state index contributed by atoms with van der Waals surface area (Å²) in [5.74, 6) is -0.299. The fraction of sp³-hybridized carbons (Fsp3) is 0.259. The first-order valence-corrected chi connectivity index (χ1v) is 11.4. The van der Waals surface area contributed by atoms with E-state index < -0.39 is 11.6 Å². The summed E-state index contributed by atoms with van der Waals surface area (Å²) in [5.41, 5.74) is 2.20. The fourth-order valence-electron chi connectivity index (χ4n) is 3.33. The van der Waals surface area contributed by atoms with Crippen LogP contribution in [0, 0.1) is 0 Å². The molecular weight excluding hydrogens is 454 g/mol. The lowest BCUT2D eigenvalue weighted by atomic mass is 10.0. The zero-order valence-corrected chi connectivity index (χ0v) is 20.2. The van der Waals surface area contributed by atoms with Crippen LogP contribution < -0.4 is 10.1 Å². The smallest absolute Gasteiger partial charge is 0.349 e. The number of carbonyl (C=O) groups excluding carboxylic acids is 2. The van der Waals surface area contributed by atoms with Crippen molar-refractivity contribution in [2.75, 3.05) is 13.2 Å². The minimum absolute atomic E-state index is 0.105. The summed E-state index contributed by atoms with van der Waals surface area (Å²) in [5, 5.41) is 13.0. The molecular formula is C27H28ClNO5. The number of halogens is 1. The number of benzene rings is 3. The minimum atomic E-state index is -1.07. The third kappa shape index (κ3) is 6.51. The van der Waals surface area contributed by atoms with Gasteiger partial charge in [-0.15, -0.1) is 0 Å². The highest BCUT2D eigenvalue weighted by atomic mass is 35.5. The van der Waals surface area contributed by atoms with Crippen molar-refractivity contribution in [2.45, 2.75) is 32.8 Å². The molecule has 3 aromatic carbocycles. The van der Waals surface area contributed by atoms with Crippen LogP contribution in [0.1, 0.15) is 36.7 Å². The van der Waals surface area contributed by atoms with Gasteiger partial charge in [-0.05, 0) is 74.2 Å². The van der Waals surface area contributed by atoms with Crippen molar-refractivity contribution in [1.82, 2.24) is 5.32 Å². The number of phenolic OH excluding ortho intramolecular Hbond substituents is 1. The van der Waals surface area contributed by atoms with Crippen LogP contribution >= 0.6 is 11.6 Å². The summed E-state index contributed by atoms with van der Waals surface area (Å²) in [6, 6.07) is 19.9. The molecule has 0 bridgehead atoms. The molecule has 0 saturated heterocycles. The highest BCUT2D eigenvalue weighted by Crippen LogP contribution is 2.26. The van der Waals surface area contributed by atoms with Gasteiger partial charge in [-0.3, -0.25) is 4.79 Å². The first kappa shape index (κ1) is 25.1. The maximum Gasteiger partial charge on any atom is 0.349 e. The molecule has 0 aliphatic rings. The average molecular weight is 482 g/mol. The van der Waals surface area contributed by atoms with E-state index >= 15 is 0 Å². The van der Waals surface area contributed by atoms with Crippen molar-refractivity contribution in [3.8, 4) is 22.6 Å². The Hall–Kier alpha value is -3.51. The van der Waals surface area contributed by atoms with Gasteiger partial charge in [0.05, 0.1) is 12.2 Å². The molecule has 1 amide bonds. The van der Waals surface area contributed by atoms with Crippen LogP contribution in [0.3, 0.4) is 0 Å². The van der Waals surface area contributed by atoms with Gasteiger partial charge in [-0.2, -0.15) is 0 Å². The molecule has 6 nitrogen and oxygen atoms in total. The van der Waals surface area contributed by atoms with Gasteiger partial charge < -0.3 is 19.9 Å². The Morgan fingerprint density at radius 2 is 1.59 bits per heavy atom. The Bertz CT molecular complexity index is 1140. The van der Waals surface area contributed by atoms with Gasteiger partial charge in [-0.1, -0.05) is 48.0 Å². The third-order valence-corrected chi connectivity index (χ3v) is 5.42. The third-order valence-electron chi connectivity index (χ3n) is 5.18. The molecule has 3 aromatic rings. The second kappa shape index (κ2) is 11.1. The van der Waals surface area contributed by atoms with Crippen molar-refractivity contribution < 1.29 is 24.2 Å². The van der Waals surface area contributed by atoms with Crippen molar-refractivity contribution in [3.05, 3.63) is 82.9 Å². The highest BCUT2D eigenvalue weighted by Gasteiger charge is 2.31. The predicted molar refractivity (Wildman–Crippen MR) is 132 cm³/mol. The van der Waals surface area contributed by atoms with Crippen LogP contribution in [0.25, 0.3) is 11.1 Å². The topological polar surface area (TPSA) is 84.9 Å². The molecule has 34 heavy (non-hydrogen) atoms. The molecule has 0 aromatic heterocycles. The number of ether oxygens (including phenoxy) is 2. The lowest BCUT2D eigenvalue weighted by Gasteiger charge is -2.24. The van der Waals surface area contributed by atoms with Crippen molar-refractivity contribution in [3.63, 3.8) is 0 Å². The molecule has 0 saturated carbocycles. The lowest BCUT2D eigenvalue weighted by Crippen LogP contribution is -2.39. The molecule has 0 radical (unpaired) electrons. The monoisotopic (exact) mass is 481 g/mol. The van der Waals surface area contributed by atoms with E-state index in [0.29, 0.717) is 30.3 Å². The quantitative estimate of drug-likeness (QED) is 0.399. The summed E-state index contributed by atoms with van der Waals surface area (Å²) < 4.78 is 10.9. The second-order valence-corrected chi connectivity index (χ2v) is 8.66. The van der Waals surface area contributed by atoms with E-state index in [1.54, 1.807) is 20.8 Å². The lowest BCUT2D eigenvalue weighted by molar-refractivity contribution is -0.158. The average Bonchev–Trinajstić information content (AvgIpc) is 2.81. The van der Waals surface area contributed by atoms with Crippen LogP contribution in [0.4, 0.5) is 0 Å². The molecule has 2 N–H and O–H groups in total. The molecule has 0 fully saturated rings. The Kier molecular flexibility index (Phi) is 8.18. The Morgan fingerprint density at radius 3 is 2.21 bits per heavy atom. The summed E-state index contributed by atoms with van der Waals surface area (Å²) in [6.07, 6.45) is 0.642. The van der Waals surface area contributed by atoms with Gasteiger partial charge in [0.1, 0.15) is 11.5 Å². The number of hydrogen-bond acceptors (Lipinski definition) is 5. The summed E-state index contributed by atoms with van der Waals surface area (Å²) in [7, 11) is 0. The van der Waals surface area contributed by atoms with Crippen LogP contribution in [0.2, 0.25) is 5.02 Å². The van der Waals surface area contributed by atoms with E-state index in [0.717, 1.165) is 16.7 Å². The number of nitrogens with one attached hydrogen (secondary N) is 1. The first-order valence-electron chi connectivity index (χ1n) is 11.0. The number of amides is 1. The van der Waals surface area contributed by atoms with E-state index in [1.165, 1.54) is 18.2 Å². The standard InChI is InChI=1S/C27H28ClNO5/c1-4-33-26(32)27(2,3)34-22-12-9-20(10-13-22)19-7-5-18(6-8-19)15-16-29-25(31)23-17-21(28)11-14-24(23)30/h5-14,17,30H,4,15-16H2,1-3H3,(H,29,31). The molecule has 0 heterocycles. The summed E-state index contributed by atoms with van der Waals surface area (Å²) >= 11 is 5.90. The Labute approximate surface area is 204 Å². The number of rotatable bonds is 9. The number of aromatic hydroxyl groups is 1. The fourth-order valence-corrected chi connectivity index (χ4v) is 3.50. The second-order valence-electron chi connectivity index (χ2n) is 8.22. The van der Waals surface area contributed by atoms with E-state index in [4.69, 9.17) is 21.1 Å². The number of carbonyl (C=O) groups is 2. The van der Waals surface area contributed by atoms with Crippen LogP contribution in [0.5, 0.6) is 11.5 Å². The van der Waals surface area contributed by atoms with Gasteiger partial charge in [0.15, 0.2) is 5.60 Å². The van der Waals surface area contributed by atoms with E-state index in [1.807, 2.05) is 48.5 Å². The van der Waals surface area contributed by atoms with E-state index in [-0.39, 0.29) is 17.2 Å². The zero-order valence-electron chi connectivity index (χ0n) is 19.4. The van der Waals surface area contributed by atoms with Crippen molar-refractivity contribution in [1.29, 1.82) is 0 Å². The van der Waals surface area contributed by atoms with Gasteiger partial charge in [0.2, 0.25) is 0 Å². The maximum atomic E-state index is 12.3. The molecule has 3 rings (SSSR count). The minimum Gasteiger partial charge on any atom is -0.507 e. The van der Waals surface area contributed by atoms with Crippen LogP contribution in [0.15, 0.2) is 66.7 Å². The van der Waals surface area contributed by atoms with Gasteiger partial charge in [-0.25, -0.2) is 4.79 Å². The predicted octanol–water partition coefficient (Wildman–Crippen LogP) is 5.41. The van der Waals surface area contributed by atoms with Crippen LogP contribution in [-0.2, 0) is 16.0 Å².